The molecule has 0 fully saturated rings. The van der Waals surface area contributed by atoms with Crippen LogP contribution in [0.3, 0.4) is 0 Å². The van der Waals surface area contributed by atoms with Crippen molar-refractivity contribution >= 4 is 33.5 Å². The first-order valence-electron chi connectivity index (χ1n) is 7.19. The molecule has 8 heteroatoms. The number of aromatic hydroxyl groups is 3. The number of aromatic nitrogens is 1. The first-order valence-corrected chi connectivity index (χ1v) is 8.86. The molecule has 0 radical (unpaired) electrons. The molecular formula is C17H14BrN3O3S. The highest BCUT2D eigenvalue weighted by Gasteiger charge is 2.11. The smallest absolute Gasteiger partial charge is 0.205 e. The fourth-order valence-electron chi connectivity index (χ4n) is 2.22. The van der Waals surface area contributed by atoms with E-state index in [-0.39, 0.29) is 5.56 Å². The molecule has 0 spiro atoms. The molecule has 0 amide bonds. The average Bonchev–Trinajstić information content (AvgIpc) is 3.02. The van der Waals surface area contributed by atoms with Gasteiger partial charge < -0.3 is 15.3 Å². The zero-order valence-corrected chi connectivity index (χ0v) is 15.5. The van der Waals surface area contributed by atoms with Crippen molar-refractivity contribution < 1.29 is 15.3 Å². The standard InChI is InChI=1S/C17H14BrN3O3S/c1-19-17-21(13(9-25-17)10-3-2-4-12(18)7-10)20-8-11-5-6-14(22)16(24)15(11)23/h2-9,22-24H,1H3. The van der Waals surface area contributed by atoms with Crippen LogP contribution in [0.25, 0.3) is 11.3 Å². The Morgan fingerprint density at radius 1 is 1.12 bits per heavy atom. The monoisotopic (exact) mass is 419 g/mol. The SMILES string of the molecule is CN=c1scc(-c2cccc(Br)c2)n1N=Cc1ccc(O)c(O)c1O. The van der Waals surface area contributed by atoms with Gasteiger partial charge in [-0.3, -0.25) is 4.99 Å². The zero-order valence-electron chi connectivity index (χ0n) is 13.1. The number of rotatable bonds is 3. The summed E-state index contributed by atoms with van der Waals surface area (Å²) in [7, 11) is 1.67. The Bertz CT molecular complexity index is 1020. The first kappa shape index (κ1) is 17.2. The van der Waals surface area contributed by atoms with E-state index in [1.54, 1.807) is 11.7 Å². The number of benzene rings is 2. The number of thiazole rings is 1. The quantitative estimate of drug-likeness (QED) is 0.448. The summed E-state index contributed by atoms with van der Waals surface area (Å²) in [6, 6.07) is 10.5. The molecule has 128 valence electrons. The molecule has 25 heavy (non-hydrogen) atoms. The molecule has 0 bridgehead atoms. The van der Waals surface area contributed by atoms with Crippen molar-refractivity contribution in [1.29, 1.82) is 0 Å². The highest BCUT2D eigenvalue weighted by atomic mass is 79.9. The van der Waals surface area contributed by atoms with Gasteiger partial charge in [-0.15, -0.1) is 11.3 Å². The lowest BCUT2D eigenvalue weighted by Gasteiger charge is -2.05. The van der Waals surface area contributed by atoms with Crippen molar-refractivity contribution in [1.82, 2.24) is 4.68 Å². The third-order valence-corrected chi connectivity index (χ3v) is 4.87. The summed E-state index contributed by atoms with van der Waals surface area (Å²) < 4.78 is 2.60. The van der Waals surface area contributed by atoms with Crippen molar-refractivity contribution in [2.24, 2.45) is 10.1 Å². The summed E-state index contributed by atoms with van der Waals surface area (Å²) in [6.07, 6.45) is 1.40. The summed E-state index contributed by atoms with van der Waals surface area (Å²) >= 11 is 4.89. The van der Waals surface area contributed by atoms with Gasteiger partial charge in [0.05, 0.1) is 11.9 Å². The molecular weight excluding hydrogens is 406 g/mol. The molecule has 0 aliphatic rings. The summed E-state index contributed by atoms with van der Waals surface area (Å²) in [5, 5.41) is 35.3. The van der Waals surface area contributed by atoms with Gasteiger partial charge in [-0.2, -0.15) is 5.10 Å². The second-order valence-electron chi connectivity index (χ2n) is 5.06. The van der Waals surface area contributed by atoms with Crippen molar-refractivity contribution in [2.75, 3.05) is 7.05 Å². The molecule has 1 heterocycles. The lowest BCUT2D eigenvalue weighted by Crippen LogP contribution is -2.11. The van der Waals surface area contributed by atoms with E-state index in [0.29, 0.717) is 4.80 Å². The maximum Gasteiger partial charge on any atom is 0.205 e. The Balaban J connectivity index is 2.09. The van der Waals surface area contributed by atoms with Crippen LogP contribution in [0.1, 0.15) is 5.56 Å². The van der Waals surface area contributed by atoms with Gasteiger partial charge in [0.2, 0.25) is 10.6 Å². The van der Waals surface area contributed by atoms with E-state index in [4.69, 9.17) is 0 Å². The Hall–Kier alpha value is -2.58. The summed E-state index contributed by atoms with van der Waals surface area (Å²) in [5.74, 6) is -1.40. The molecule has 0 saturated carbocycles. The van der Waals surface area contributed by atoms with Gasteiger partial charge in [0.25, 0.3) is 0 Å². The number of phenols is 3. The molecule has 3 N–H and O–H groups in total. The maximum absolute atomic E-state index is 9.92. The molecule has 1 aromatic heterocycles. The van der Waals surface area contributed by atoms with Gasteiger partial charge in [-0.1, -0.05) is 28.1 Å². The minimum absolute atomic E-state index is 0.274. The van der Waals surface area contributed by atoms with Crippen LogP contribution in [0.2, 0.25) is 0 Å². The minimum atomic E-state index is -0.577. The number of nitrogens with zero attached hydrogens (tertiary/aromatic N) is 3. The lowest BCUT2D eigenvalue weighted by atomic mass is 10.2. The second kappa shape index (κ2) is 7.12. The molecule has 6 nitrogen and oxygen atoms in total. The second-order valence-corrected chi connectivity index (χ2v) is 6.82. The van der Waals surface area contributed by atoms with Gasteiger partial charge in [-0.25, -0.2) is 4.68 Å². The van der Waals surface area contributed by atoms with Crippen LogP contribution in [-0.4, -0.2) is 33.3 Å². The maximum atomic E-state index is 9.92. The van der Waals surface area contributed by atoms with Gasteiger partial charge in [0, 0.05) is 28.0 Å². The number of hydrogen-bond acceptors (Lipinski definition) is 6. The largest absolute Gasteiger partial charge is 0.504 e. The molecule has 2 aromatic carbocycles. The van der Waals surface area contributed by atoms with Crippen LogP contribution in [0, 0.1) is 0 Å². The van der Waals surface area contributed by atoms with E-state index in [0.717, 1.165) is 15.7 Å². The number of hydrogen-bond donors (Lipinski definition) is 3. The predicted octanol–water partition coefficient (Wildman–Crippen LogP) is 3.51. The van der Waals surface area contributed by atoms with Gasteiger partial charge in [-0.05, 0) is 24.3 Å². The van der Waals surface area contributed by atoms with Crippen molar-refractivity contribution in [3.63, 3.8) is 0 Å². The molecule has 3 rings (SSSR count). The fraction of sp³-hybridized carbons (Fsp3) is 0.0588. The Morgan fingerprint density at radius 2 is 1.92 bits per heavy atom. The lowest BCUT2D eigenvalue weighted by molar-refractivity contribution is 0.367. The van der Waals surface area contributed by atoms with E-state index in [1.807, 2.05) is 29.6 Å². The van der Waals surface area contributed by atoms with Crippen molar-refractivity contribution in [3.8, 4) is 28.5 Å². The summed E-state index contributed by atoms with van der Waals surface area (Å²) in [5.41, 5.74) is 2.07. The van der Waals surface area contributed by atoms with E-state index >= 15 is 0 Å². The molecule has 0 aliphatic heterocycles. The normalized spacial score (nSPS) is 12.2. The van der Waals surface area contributed by atoms with Crippen molar-refractivity contribution in [2.45, 2.75) is 0 Å². The number of halogens is 1. The third-order valence-electron chi connectivity index (χ3n) is 3.47. The van der Waals surface area contributed by atoms with Crippen LogP contribution >= 0.6 is 27.3 Å². The van der Waals surface area contributed by atoms with Crippen LogP contribution in [0.15, 0.2) is 56.3 Å². The van der Waals surface area contributed by atoms with Gasteiger partial charge >= 0.3 is 0 Å². The Kier molecular flexibility index (Phi) is 4.91. The topological polar surface area (TPSA) is 90.3 Å². The van der Waals surface area contributed by atoms with E-state index < -0.39 is 17.2 Å². The molecule has 0 saturated heterocycles. The van der Waals surface area contributed by atoms with Crippen LogP contribution in [0.5, 0.6) is 17.2 Å². The van der Waals surface area contributed by atoms with E-state index in [9.17, 15) is 15.3 Å². The van der Waals surface area contributed by atoms with Crippen LogP contribution < -0.4 is 4.80 Å². The van der Waals surface area contributed by atoms with E-state index in [2.05, 4.69) is 26.0 Å². The van der Waals surface area contributed by atoms with E-state index in [1.165, 1.54) is 29.7 Å². The molecule has 0 unspecified atom stereocenters. The Labute approximate surface area is 155 Å². The Morgan fingerprint density at radius 3 is 2.64 bits per heavy atom. The predicted molar refractivity (Wildman–Crippen MR) is 101 cm³/mol. The fourth-order valence-corrected chi connectivity index (χ4v) is 3.42. The van der Waals surface area contributed by atoms with Gasteiger partial charge in [0.15, 0.2) is 11.5 Å². The first-order chi connectivity index (χ1) is 12.0. The van der Waals surface area contributed by atoms with Crippen LogP contribution in [0.4, 0.5) is 0 Å². The highest BCUT2D eigenvalue weighted by Crippen LogP contribution is 2.36. The highest BCUT2D eigenvalue weighted by molar-refractivity contribution is 9.10. The van der Waals surface area contributed by atoms with Crippen LogP contribution in [-0.2, 0) is 0 Å². The van der Waals surface area contributed by atoms with Gasteiger partial charge in [0.1, 0.15) is 0 Å². The average molecular weight is 420 g/mol. The van der Waals surface area contributed by atoms with Crippen molar-refractivity contribution in [3.05, 3.63) is 56.6 Å². The third kappa shape index (κ3) is 3.45. The molecule has 3 aromatic rings. The zero-order chi connectivity index (χ0) is 18.0. The minimum Gasteiger partial charge on any atom is -0.504 e. The molecule has 0 atom stereocenters. The summed E-state index contributed by atoms with van der Waals surface area (Å²) in [6.45, 7) is 0. The molecule has 0 aliphatic carbocycles. The summed E-state index contributed by atoms with van der Waals surface area (Å²) in [4.78, 5) is 4.88. The number of phenolic OH excluding ortho intramolecular Hbond substituents is 3.